The van der Waals surface area contributed by atoms with E-state index in [9.17, 15) is 0 Å². The molecule has 0 bridgehead atoms. The minimum absolute atomic E-state index is 0.682. The Kier molecular flexibility index (Phi) is 4.90. The summed E-state index contributed by atoms with van der Waals surface area (Å²) < 4.78 is 4.62. The van der Waals surface area contributed by atoms with E-state index in [0.717, 1.165) is 5.92 Å². The molecule has 1 fully saturated rings. The molecule has 0 nitrogen and oxygen atoms in total. The second-order valence-electron chi connectivity index (χ2n) is 2.52. The number of halogens is 2. The van der Waals surface area contributed by atoms with Crippen LogP contribution in [-0.2, 0) is 0 Å². The van der Waals surface area contributed by atoms with Gasteiger partial charge in [-0.3, -0.25) is 0 Å². The maximum atomic E-state index is 2.48. The predicted molar refractivity (Wildman–Crippen MR) is 46.0 cm³/mol. The van der Waals surface area contributed by atoms with Gasteiger partial charge in [0, 0.05) is 0 Å². The molecule has 1 aliphatic rings. The van der Waals surface area contributed by atoms with E-state index in [-0.39, 0.29) is 0 Å². The molecule has 0 radical (unpaired) electrons. The quantitative estimate of drug-likeness (QED) is 0.467. The van der Waals surface area contributed by atoms with Crippen LogP contribution in [0.15, 0.2) is 0 Å². The molecule has 0 aliphatic carbocycles. The third-order valence-corrected chi connectivity index (χ3v) is 5.74. The van der Waals surface area contributed by atoms with Crippen LogP contribution < -0.4 is 21.2 Å². The third-order valence-electron chi connectivity index (χ3n) is 1.72. The number of hydrogen-bond donors (Lipinski definition) is 0. The van der Waals surface area contributed by atoms with Crippen molar-refractivity contribution in [3.63, 3.8) is 0 Å². The predicted octanol–water partition coefficient (Wildman–Crippen LogP) is -0.689. The fourth-order valence-electron chi connectivity index (χ4n) is 1.13. The number of hydrogen-bond acceptors (Lipinski definition) is 0. The molecule has 1 unspecified atom stereocenters. The topological polar surface area (TPSA) is 0 Å². The van der Waals surface area contributed by atoms with Gasteiger partial charge in [-0.1, -0.05) is 0 Å². The standard InChI is InChI=1S/C7H13I2/c8-4-1-2-7-3-5-9-6-7/h7H,1-6H2/q-1. The van der Waals surface area contributed by atoms with Crippen molar-refractivity contribution in [1.29, 1.82) is 0 Å². The van der Waals surface area contributed by atoms with Crippen molar-refractivity contribution < 1.29 is 21.2 Å². The fourth-order valence-corrected chi connectivity index (χ4v) is 5.09. The van der Waals surface area contributed by atoms with E-state index in [2.05, 4.69) is 22.6 Å². The molecule has 0 N–H and O–H groups in total. The summed E-state index contributed by atoms with van der Waals surface area (Å²) in [7, 11) is 0. The van der Waals surface area contributed by atoms with Gasteiger partial charge in [-0.15, -0.1) is 0 Å². The zero-order valence-electron chi connectivity index (χ0n) is 5.58. The summed E-state index contributed by atoms with van der Waals surface area (Å²) in [6, 6.07) is 0. The molecule has 0 aromatic rings. The second-order valence-corrected chi connectivity index (χ2v) is 6.64. The van der Waals surface area contributed by atoms with Crippen molar-refractivity contribution in [3.05, 3.63) is 0 Å². The molecule has 0 aromatic heterocycles. The van der Waals surface area contributed by atoms with Crippen LogP contribution in [0, 0.1) is 5.92 Å². The van der Waals surface area contributed by atoms with Gasteiger partial charge in [-0.2, -0.15) is 0 Å². The Bertz CT molecular complexity index is 67.3. The first-order valence-corrected chi connectivity index (χ1v) is 8.10. The molecule has 56 valence electrons. The summed E-state index contributed by atoms with van der Waals surface area (Å²) in [5, 5.41) is 0. The third kappa shape index (κ3) is 3.39. The van der Waals surface area contributed by atoms with Crippen molar-refractivity contribution in [2.24, 2.45) is 5.92 Å². The monoisotopic (exact) mass is 351 g/mol. The Hall–Kier alpha value is 1.46. The van der Waals surface area contributed by atoms with Gasteiger partial charge in [0.05, 0.1) is 0 Å². The van der Waals surface area contributed by atoms with Crippen LogP contribution >= 0.6 is 22.6 Å². The van der Waals surface area contributed by atoms with Crippen molar-refractivity contribution in [2.45, 2.75) is 19.3 Å². The van der Waals surface area contributed by atoms with E-state index in [0.29, 0.717) is 21.2 Å². The Morgan fingerprint density at radius 2 is 2.44 bits per heavy atom. The van der Waals surface area contributed by atoms with Crippen LogP contribution in [0.3, 0.4) is 0 Å². The van der Waals surface area contributed by atoms with E-state index in [1.165, 1.54) is 17.3 Å². The molecular weight excluding hydrogens is 338 g/mol. The van der Waals surface area contributed by atoms with Gasteiger partial charge in [-0.25, -0.2) is 0 Å². The molecule has 0 amide bonds. The number of rotatable bonds is 3. The average molecular weight is 351 g/mol. The Morgan fingerprint density at radius 1 is 1.56 bits per heavy atom. The first kappa shape index (κ1) is 8.56. The van der Waals surface area contributed by atoms with E-state index in [4.69, 9.17) is 0 Å². The number of alkyl halides is 3. The summed E-state index contributed by atoms with van der Waals surface area (Å²) >= 11 is 3.16. The molecule has 1 saturated heterocycles. The molecule has 0 spiro atoms. The Labute approximate surface area is 81.6 Å². The van der Waals surface area contributed by atoms with Gasteiger partial charge < -0.3 is 0 Å². The zero-order valence-corrected chi connectivity index (χ0v) is 9.89. The van der Waals surface area contributed by atoms with Gasteiger partial charge in [0.1, 0.15) is 0 Å². The van der Waals surface area contributed by atoms with Gasteiger partial charge in [0.25, 0.3) is 0 Å². The summed E-state index contributed by atoms with van der Waals surface area (Å²) in [4.78, 5) is 0. The van der Waals surface area contributed by atoms with Crippen LogP contribution in [0.5, 0.6) is 0 Å². The SMILES string of the molecule is ICCCC1CC[I-]C1. The molecule has 1 heterocycles. The molecule has 9 heavy (non-hydrogen) atoms. The molecule has 0 saturated carbocycles. The van der Waals surface area contributed by atoms with E-state index in [1.54, 1.807) is 15.3 Å². The summed E-state index contributed by atoms with van der Waals surface area (Å²) in [5.74, 6) is 1.16. The van der Waals surface area contributed by atoms with Gasteiger partial charge in [0.2, 0.25) is 0 Å². The van der Waals surface area contributed by atoms with Crippen LogP contribution in [-0.4, -0.2) is 13.3 Å². The van der Waals surface area contributed by atoms with E-state index in [1.807, 2.05) is 0 Å². The van der Waals surface area contributed by atoms with Crippen molar-refractivity contribution in [3.8, 4) is 0 Å². The van der Waals surface area contributed by atoms with Crippen LogP contribution in [0.1, 0.15) is 19.3 Å². The maximum absolute atomic E-state index is 2.48. The van der Waals surface area contributed by atoms with Crippen LogP contribution in [0.2, 0.25) is 0 Å². The minimum atomic E-state index is 0.682. The Balaban J connectivity index is 1.98. The molecule has 1 atom stereocenters. The van der Waals surface area contributed by atoms with Crippen molar-refractivity contribution >= 4 is 22.6 Å². The van der Waals surface area contributed by atoms with Crippen LogP contribution in [0.4, 0.5) is 0 Å². The molecule has 2 heteroatoms. The van der Waals surface area contributed by atoms with Crippen molar-refractivity contribution in [2.75, 3.05) is 13.3 Å². The summed E-state index contributed by atoms with van der Waals surface area (Å²) in [5.41, 5.74) is 0. The fraction of sp³-hybridized carbons (Fsp3) is 1.00. The van der Waals surface area contributed by atoms with Gasteiger partial charge in [0.15, 0.2) is 0 Å². The zero-order chi connectivity index (χ0) is 6.53. The first-order valence-electron chi connectivity index (χ1n) is 3.53. The van der Waals surface area contributed by atoms with E-state index >= 15 is 0 Å². The summed E-state index contributed by atoms with van der Waals surface area (Å²) in [6.07, 6.45) is 4.57. The molecule has 1 rings (SSSR count). The molecular formula is C7H13I2-. The average Bonchev–Trinajstić information content (AvgIpc) is 2.34. The van der Waals surface area contributed by atoms with Crippen molar-refractivity contribution in [1.82, 2.24) is 0 Å². The van der Waals surface area contributed by atoms with Gasteiger partial charge in [-0.05, 0) is 0 Å². The van der Waals surface area contributed by atoms with Gasteiger partial charge >= 0.3 is 82.3 Å². The van der Waals surface area contributed by atoms with Crippen LogP contribution in [0.25, 0.3) is 0 Å². The molecule has 0 aromatic carbocycles. The van der Waals surface area contributed by atoms with E-state index < -0.39 is 0 Å². The Morgan fingerprint density at radius 3 is 3.00 bits per heavy atom. The summed E-state index contributed by atoms with van der Waals surface area (Å²) in [6.45, 7) is 0. The first-order chi connectivity index (χ1) is 4.43. The normalized spacial score (nSPS) is 27.9. The molecule has 1 aliphatic heterocycles. The second kappa shape index (κ2) is 5.16.